The van der Waals surface area contributed by atoms with Crippen LogP contribution < -0.4 is 0 Å². The second kappa shape index (κ2) is 4.78. The summed E-state index contributed by atoms with van der Waals surface area (Å²) in [5.41, 5.74) is 1.30. The Labute approximate surface area is 98.7 Å². The Morgan fingerprint density at radius 2 is 1.76 bits per heavy atom. The van der Waals surface area contributed by atoms with Crippen LogP contribution in [0.2, 0.25) is 0 Å². The van der Waals surface area contributed by atoms with Gasteiger partial charge in [-0.05, 0) is 17.2 Å². The van der Waals surface area contributed by atoms with Crippen LogP contribution in [-0.4, -0.2) is 13.1 Å². The Balaban J connectivity index is 2.62. The van der Waals surface area contributed by atoms with Gasteiger partial charge in [-0.1, -0.05) is 42.5 Å². The van der Waals surface area contributed by atoms with Crippen molar-refractivity contribution in [2.75, 3.05) is 7.11 Å². The Kier molecular flexibility index (Phi) is 3.19. The first-order valence-corrected chi connectivity index (χ1v) is 5.16. The van der Waals surface area contributed by atoms with E-state index in [-0.39, 0.29) is 5.56 Å². The molecule has 2 aromatic rings. The summed E-state index contributed by atoms with van der Waals surface area (Å²) >= 11 is 0. The van der Waals surface area contributed by atoms with Gasteiger partial charge in [0.05, 0.1) is 7.11 Å². The van der Waals surface area contributed by atoms with Crippen molar-refractivity contribution in [2.24, 2.45) is 0 Å². The van der Waals surface area contributed by atoms with Gasteiger partial charge in [-0.15, -0.1) is 0 Å². The largest absolute Gasteiger partial charge is 0.465 e. The number of hydrogen-bond donors (Lipinski definition) is 0. The van der Waals surface area contributed by atoms with E-state index < -0.39 is 11.8 Å². The van der Waals surface area contributed by atoms with Gasteiger partial charge in [0.25, 0.3) is 0 Å². The molecular formula is C14H11FO2. The van der Waals surface area contributed by atoms with Crippen molar-refractivity contribution < 1.29 is 13.9 Å². The van der Waals surface area contributed by atoms with Crippen LogP contribution in [0.5, 0.6) is 0 Å². The molecule has 0 aliphatic heterocycles. The number of benzene rings is 2. The number of rotatable bonds is 2. The van der Waals surface area contributed by atoms with E-state index in [1.165, 1.54) is 13.2 Å². The Morgan fingerprint density at radius 3 is 2.41 bits per heavy atom. The van der Waals surface area contributed by atoms with Gasteiger partial charge in [-0.25, -0.2) is 9.18 Å². The fourth-order valence-electron chi connectivity index (χ4n) is 1.69. The molecule has 0 saturated carbocycles. The number of ether oxygens (including phenoxy) is 1. The smallest absolute Gasteiger partial charge is 0.341 e. The molecule has 2 aromatic carbocycles. The number of halogens is 1. The highest BCUT2D eigenvalue weighted by Gasteiger charge is 2.17. The van der Waals surface area contributed by atoms with E-state index in [1.54, 1.807) is 12.1 Å². The molecule has 17 heavy (non-hydrogen) atoms. The van der Waals surface area contributed by atoms with Crippen LogP contribution >= 0.6 is 0 Å². The minimum Gasteiger partial charge on any atom is -0.465 e. The van der Waals surface area contributed by atoms with Crippen molar-refractivity contribution in [3.8, 4) is 11.1 Å². The fourth-order valence-corrected chi connectivity index (χ4v) is 1.69. The molecule has 0 unspecified atom stereocenters. The van der Waals surface area contributed by atoms with Gasteiger partial charge in [0, 0.05) is 0 Å². The van der Waals surface area contributed by atoms with E-state index in [4.69, 9.17) is 0 Å². The van der Waals surface area contributed by atoms with Crippen LogP contribution in [-0.2, 0) is 4.74 Å². The lowest BCUT2D eigenvalue weighted by Gasteiger charge is -2.08. The lowest BCUT2D eigenvalue weighted by molar-refractivity contribution is 0.0596. The maximum absolute atomic E-state index is 13.7. The molecule has 0 heterocycles. The highest BCUT2D eigenvalue weighted by atomic mass is 19.1. The lowest BCUT2D eigenvalue weighted by atomic mass is 9.99. The third kappa shape index (κ3) is 2.18. The molecule has 0 aliphatic rings. The van der Waals surface area contributed by atoms with Gasteiger partial charge in [0.1, 0.15) is 11.4 Å². The molecule has 2 rings (SSSR count). The van der Waals surface area contributed by atoms with Crippen LogP contribution in [0.25, 0.3) is 11.1 Å². The average molecular weight is 230 g/mol. The van der Waals surface area contributed by atoms with Crippen molar-refractivity contribution in [1.29, 1.82) is 0 Å². The van der Waals surface area contributed by atoms with Crippen molar-refractivity contribution >= 4 is 5.97 Å². The number of hydrogen-bond acceptors (Lipinski definition) is 2. The van der Waals surface area contributed by atoms with Gasteiger partial charge in [0.15, 0.2) is 0 Å². The summed E-state index contributed by atoms with van der Waals surface area (Å²) in [4.78, 5) is 11.6. The zero-order valence-corrected chi connectivity index (χ0v) is 9.31. The molecule has 0 amide bonds. The summed E-state index contributed by atoms with van der Waals surface area (Å²) in [5.74, 6) is -1.24. The minimum atomic E-state index is -0.665. The van der Waals surface area contributed by atoms with E-state index in [2.05, 4.69) is 4.74 Å². The lowest BCUT2D eigenvalue weighted by Crippen LogP contribution is -2.06. The number of methoxy groups -OCH3 is 1. The molecule has 0 saturated heterocycles. The third-order valence-electron chi connectivity index (χ3n) is 2.49. The number of carbonyl (C=O) groups is 1. The highest BCUT2D eigenvalue weighted by Crippen LogP contribution is 2.26. The van der Waals surface area contributed by atoms with Crippen LogP contribution in [0.15, 0.2) is 48.5 Å². The maximum Gasteiger partial charge on any atom is 0.341 e. The van der Waals surface area contributed by atoms with Gasteiger partial charge >= 0.3 is 5.97 Å². The molecule has 2 nitrogen and oxygen atoms in total. The number of carbonyl (C=O) groups excluding carboxylic acids is 1. The van der Waals surface area contributed by atoms with Gasteiger partial charge in [-0.2, -0.15) is 0 Å². The van der Waals surface area contributed by atoms with Gasteiger partial charge < -0.3 is 4.74 Å². The number of esters is 1. The highest BCUT2D eigenvalue weighted by molar-refractivity contribution is 5.97. The van der Waals surface area contributed by atoms with Crippen molar-refractivity contribution in [2.45, 2.75) is 0 Å². The summed E-state index contributed by atoms with van der Waals surface area (Å²) in [7, 11) is 1.24. The van der Waals surface area contributed by atoms with Crippen molar-refractivity contribution in [3.63, 3.8) is 0 Å². The predicted molar refractivity (Wildman–Crippen MR) is 63.2 cm³/mol. The zero-order valence-electron chi connectivity index (χ0n) is 9.31. The molecule has 0 fully saturated rings. The molecule has 3 heteroatoms. The summed E-state index contributed by atoms with van der Waals surface area (Å²) in [6, 6.07) is 13.7. The first kappa shape index (κ1) is 11.3. The Morgan fingerprint density at radius 1 is 1.06 bits per heavy atom. The second-order valence-electron chi connectivity index (χ2n) is 3.52. The summed E-state index contributed by atoms with van der Waals surface area (Å²) in [6.45, 7) is 0. The van der Waals surface area contributed by atoms with Crippen LogP contribution in [0.4, 0.5) is 4.39 Å². The zero-order chi connectivity index (χ0) is 12.3. The normalized spacial score (nSPS) is 10.0. The summed E-state index contributed by atoms with van der Waals surface area (Å²) in [5, 5.41) is 0. The molecule has 86 valence electrons. The molecule has 0 bridgehead atoms. The van der Waals surface area contributed by atoms with Gasteiger partial charge in [-0.3, -0.25) is 0 Å². The summed E-state index contributed by atoms with van der Waals surface area (Å²) < 4.78 is 18.3. The van der Waals surface area contributed by atoms with E-state index in [9.17, 15) is 9.18 Å². The maximum atomic E-state index is 13.7. The standard InChI is InChI=1S/C14H11FO2/c1-17-14(16)13-11(8-5-9-12(13)15)10-6-3-2-4-7-10/h2-9H,1H3. The topological polar surface area (TPSA) is 26.3 Å². The van der Waals surface area contributed by atoms with Crippen LogP contribution in [0, 0.1) is 5.82 Å². The molecule has 0 spiro atoms. The molecule has 0 aromatic heterocycles. The molecule has 0 atom stereocenters. The van der Waals surface area contributed by atoms with E-state index in [0.717, 1.165) is 5.56 Å². The van der Waals surface area contributed by atoms with Crippen LogP contribution in [0.1, 0.15) is 10.4 Å². The minimum absolute atomic E-state index is 0.0267. The molecule has 0 N–H and O–H groups in total. The molecule has 0 aliphatic carbocycles. The van der Waals surface area contributed by atoms with E-state index in [0.29, 0.717) is 5.56 Å². The Bertz CT molecular complexity index is 535. The van der Waals surface area contributed by atoms with Gasteiger partial charge in [0.2, 0.25) is 0 Å². The van der Waals surface area contributed by atoms with Crippen molar-refractivity contribution in [1.82, 2.24) is 0 Å². The van der Waals surface area contributed by atoms with E-state index in [1.807, 2.05) is 30.3 Å². The SMILES string of the molecule is COC(=O)c1c(F)cccc1-c1ccccc1. The first-order chi connectivity index (χ1) is 8.24. The first-order valence-electron chi connectivity index (χ1n) is 5.16. The quantitative estimate of drug-likeness (QED) is 0.740. The fraction of sp³-hybridized carbons (Fsp3) is 0.0714. The average Bonchev–Trinajstić information content (AvgIpc) is 2.38. The summed E-state index contributed by atoms with van der Waals surface area (Å²) in [6.07, 6.45) is 0. The molecule has 0 radical (unpaired) electrons. The van der Waals surface area contributed by atoms with Crippen LogP contribution in [0.3, 0.4) is 0 Å². The van der Waals surface area contributed by atoms with E-state index >= 15 is 0 Å². The van der Waals surface area contributed by atoms with Crippen molar-refractivity contribution in [3.05, 3.63) is 59.9 Å². The third-order valence-corrected chi connectivity index (χ3v) is 2.49. The second-order valence-corrected chi connectivity index (χ2v) is 3.52. The Hall–Kier alpha value is -2.16. The molecular weight excluding hydrogens is 219 g/mol. The predicted octanol–water partition coefficient (Wildman–Crippen LogP) is 3.28. The monoisotopic (exact) mass is 230 g/mol.